The zero-order valence-electron chi connectivity index (χ0n) is 10.8. The van der Waals surface area contributed by atoms with E-state index in [9.17, 15) is 0 Å². The summed E-state index contributed by atoms with van der Waals surface area (Å²) in [4.78, 5) is 0. The average Bonchev–Trinajstić information content (AvgIpc) is 2.49. The van der Waals surface area contributed by atoms with Crippen molar-refractivity contribution in [3.63, 3.8) is 0 Å². The smallest absolute Gasteiger partial charge is 0.0140 e. The Morgan fingerprint density at radius 3 is 2.26 bits per heavy atom. The van der Waals surface area contributed by atoms with Crippen molar-refractivity contribution in [3.8, 4) is 11.1 Å². The topological polar surface area (TPSA) is 12.0 Å². The average molecular weight is 272 g/mol. The van der Waals surface area contributed by atoms with Crippen LogP contribution in [-0.2, 0) is 0 Å². The number of hydrogen-bond donors (Lipinski definition) is 1. The van der Waals surface area contributed by atoms with Gasteiger partial charge in [0.15, 0.2) is 0 Å². The molecule has 3 rings (SSSR count). The van der Waals surface area contributed by atoms with E-state index >= 15 is 0 Å². The fourth-order valence-electron chi connectivity index (χ4n) is 2.41. The van der Waals surface area contributed by atoms with E-state index in [1.165, 1.54) is 22.3 Å². The number of halogens is 1. The first kappa shape index (κ1) is 13.9. The molecule has 0 spiro atoms. The van der Waals surface area contributed by atoms with Crippen LogP contribution in [0.1, 0.15) is 12.0 Å². The van der Waals surface area contributed by atoms with Gasteiger partial charge in [-0.15, -0.1) is 12.4 Å². The van der Waals surface area contributed by atoms with Crippen LogP contribution in [0.15, 0.2) is 60.7 Å². The second kappa shape index (κ2) is 6.55. The SMILES string of the molecule is C1=C(c2cccc(-c3ccccc3)c2)CCNC1.Cl. The molecule has 0 fully saturated rings. The van der Waals surface area contributed by atoms with Crippen molar-refractivity contribution in [2.45, 2.75) is 6.42 Å². The molecule has 0 unspecified atom stereocenters. The van der Waals surface area contributed by atoms with Gasteiger partial charge >= 0.3 is 0 Å². The van der Waals surface area contributed by atoms with Gasteiger partial charge in [-0.2, -0.15) is 0 Å². The van der Waals surface area contributed by atoms with Gasteiger partial charge in [-0.1, -0.05) is 54.6 Å². The molecule has 2 heteroatoms. The first-order valence-corrected chi connectivity index (χ1v) is 6.49. The van der Waals surface area contributed by atoms with Crippen molar-refractivity contribution in [1.29, 1.82) is 0 Å². The van der Waals surface area contributed by atoms with E-state index in [2.05, 4.69) is 66.0 Å². The van der Waals surface area contributed by atoms with Crippen LogP contribution in [0.2, 0.25) is 0 Å². The monoisotopic (exact) mass is 271 g/mol. The predicted octanol–water partition coefficient (Wildman–Crippen LogP) is 4.15. The van der Waals surface area contributed by atoms with Gasteiger partial charge in [0.25, 0.3) is 0 Å². The van der Waals surface area contributed by atoms with E-state index in [1.54, 1.807) is 0 Å². The Morgan fingerprint density at radius 1 is 0.789 bits per heavy atom. The first-order valence-electron chi connectivity index (χ1n) is 6.49. The van der Waals surface area contributed by atoms with Gasteiger partial charge in [0.1, 0.15) is 0 Å². The van der Waals surface area contributed by atoms with Crippen LogP contribution < -0.4 is 5.32 Å². The van der Waals surface area contributed by atoms with Crippen molar-refractivity contribution in [3.05, 3.63) is 66.2 Å². The Kier molecular flexibility index (Phi) is 4.78. The molecule has 0 radical (unpaired) electrons. The lowest BCUT2D eigenvalue weighted by Crippen LogP contribution is -2.19. The number of hydrogen-bond acceptors (Lipinski definition) is 1. The zero-order chi connectivity index (χ0) is 12.2. The summed E-state index contributed by atoms with van der Waals surface area (Å²) in [5.74, 6) is 0. The standard InChI is InChI=1S/C17H17N.ClH/c1-2-5-14(6-3-1)16-7-4-8-17(13-16)15-9-11-18-12-10-15;/h1-9,13,18H,10-12H2;1H. The fraction of sp³-hybridized carbons (Fsp3) is 0.176. The lowest BCUT2D eigenvalue weighted by Gasteiger charge is -2.15. The van der Waals surface area contributed by atoms with E-state index in [-0.39, 0.29) is 12.4 Å². The highest BCUT2D eigenvalue weighted by atomic mass is 35.5. The molecule has 0 saturated heterocycles. The third-order valence-corrected chi connectivity index (χ3v) is 3.40. The second-order valence-electron chi connectivity index (χ2n) is 4.63. The van der Waals surface area contributed by atoms with Crippen LogP contribution in [0.5, 0.6) is 0 Å². The molecule has 0 bridgehead atoms. The molecule has 1 nitrogen and oxygen atoms in total. The molecule has 19 heavy (non-hydrogen) atoms. The summed E-state index contributed by atoms with van der Waals surface area (Å²) < 4.78 is 0. The third kappa shape index (κ3) is 3.25. The van der Waals surface area contributed by atoms with E-state index in [0.717, 1.165) is 19.5 Å². The molecular formula is C17H18ClN. The van der Waals surface area contributed by atoms with Gasteiger partial charge in [-0.25, -0.2) is 0 Å². The highest BCUT2D eigenvalue weighted by Gasteiger charge is 2.06. The summed E-state index contributed by atoms with van der Waals surface area (Å²) in [6, 6.07) is 19.4. The van der Waals surface area contributed by atoms with Crippen molar-refractivity contribution in [1.82, 2.24) is 5.32 Å². The molecule has 0 atom stereocenters. The largest absolute Gasteiger partial charge is 0.313 e. The minimum atomic E-state index is 0. The summed E-state index contributed by atoms with van der Waals surface area (Å²) in [5, 5.41) is 3.35. The molecular weight excluding hydrogens is 254 g/mol. The number of rotatable bonds is 2. The molecule has 98 valence electrons. The maximum absolute atomic E-state index is 3.35. The van der Waals surface area contributed by atoms with Gasteiger partial charge in [-0.05, 0) is 41.3 Å². The molecule has 2 aromatic carbocycles. The third-order valence-electron chi connectivity index (χ3n) is 3.40. The normalized spacial score (nSPS) is 14.4. The van der Waals surface area contributed by atoms with Crippen LogP contribution in [0.4, 0.5) is 0 Å². The highest BCUT2D eigenvalue weighted by molar-refractivity contribution is 5.85. The van der Waals surface area contributed by atoms with Gasteiger partial charge in [0.2, 0.25) is 0 Å². The van der Waals surface area contributed by atoms with E-state index in [4.69, 9.17) is 0 Å². The molecule has 0 aliphatic carbocycles. The maximum Gasteiger partial charge on any atom is 0.0140 e. The molecule has 0 aromatic heterocycles. The van der Waals surface area contributed by atoms with E-state index in [0.29, 0.717) is 0 Å². The van der Waals surface area contributed by atoms with Crippen molar-refractivity contribution < 1.29 is 0 Å². The van der Waals surface area contributed by atoms with Crippen LogP contribution in [0, 0.1) is 0 Å². The van der Waals surface area contributed by atoms with Gasteiger partial charge in [0.05, 0.1) is 0 Å². The Morgan fingerprint density at radius 2 is 1.53 bits per heavy atom. The Bertz CT molecular complexity index is 560. The minimum Gasteiger partial charge on any atom is -0.313 e. The lowest BCUT2D eigenvalue weighted by atomic mass is 9.96. The van der Waals surface area contributed by atoms with Crippen LogP contribution in [0.3, 0.4) is 0 Å². The zero-order valence-corrected chi connectivity index (χ0v) is 11.6. The van der Waals surface area contributed by atoms with Crippen molar-refractivity contribution in [2.75, 3.05) is 13.1 Å². The summed E-state index contributed by atoms with van der Waals surface area (Å²) >= 11 is 0. The quantitative estimate of drug-likeness (QED) is 0.865. The van der Waals surface area contributed by atoms with Crippen molar-refractivity contribution in [2.24, 2.45) is 0 Å². The minimum absolute atomic E-state index is 0. The van der Waals surface area contributed by atoms with Crippen LogP contribution in [0.25, 0.3) is 16.7 Å². The maximum atomic E-state index is 3.35. The Labute approximate surface area is 120 Å². The molecule has 1 heterocycles. The highest BCUT2D eigenvalue weighted by Crippen LogP contribution is 2.25. The predicted molar refractivity (Wildman–Crippen MR) is 84.6 cm³/mol. The summed E-state index contributed by atoms with van der Waals surface area (Å²) in [7, 11) is 0. The molecule has 0 amide bonds. The fourth-order valence-corrected chi connectivity index (χ4v) is 2.41. The molecule has 1 N–H and O–H groups in total. The number of benzene rings is 2. The molecule has 0 saturated carbocycles. The summed E-state index contributed by atoms with van der Waals surface area (Å²) in [5.41, 5.74) is 5.41. The number of nitrogens with one attached hydrogen (secondary N) is 1. The van der Waals surface area contributed by atoms with E-state index < -0.39 is 0 Å². The lowest BCUT2D eigenvalue weighted by molar-refractivity contribution is 0.738. The molecule has 1 aliphatic heterocycles. The first-order chi connectivity index (χ1) is 8.93. The van der Waals surface area contributed by atoms with Crippen LogP contribution in [-0.4, -0.2) is 13.1 Å². The molecule has 1 aliphatic rings. The molecule has 2 aromatic rings. The summed E-state index contributed by atoms with van der Waals surface area (Å²) in [6.07, 6.45) is 3.42. The Hall–Kier alpha value is -1.57. The van der Waals surface area contributed by atoms with E-state index in [1.807, 2.05) is 0 Å². The van der Waals surface area contributed by atoms with Crippen LogP contribution >= 0.6 is 12.4 Å². The van der Waals surface area contributed by atoms with Crippen molar-refractivity contribution >= 4 is 18.0 Å². The summed E-state index contributed by atoms with van der Waals surface area (Å²) in [6.45, 7) is 2.08. The van der Waals surface area contributed by atoms with Gasteiger partial charge in [0, 0.05) is 6.54 Å². The second-order valence-corrected chi connectivity index (χ2v) is 4.63. The van der Waals surface area contributed by atoms with Gasteiger partial charge < -0.3 is 5.32 Å². The Balaban J connectivity index is 0.00000133. The van der Waals surface area contributed by atoms with Gasteiger partial charge in [-0.3, -0.25) is 0 Å².